The first-order chi connectivity index (χ1) is 12.6. The minimum Gasteiger partial charge on any atom is -0.396 e. The van der Waals surface area contributed by atoms with E-state index >= 15 is 0 Å². The highest BCUT2D eigenvalue weighted by molar-refractivity contribution is 5.35. The summed E-state index contributed by atoms with van der Waals surface area (Å²) >= 11 is 0. The molecular formula is C21H31N3O2. The van der Waals surface area contributed by atoms with Crippen LogP contribution in [-0.4, -0.2) is 50.7 Å². The van der Waals surface area contributed by atoms with Crippen molar-refractivity contribution in [3.05, 3.63) is 52.8 Å². The average Bonchev–Trinajstić information content (AvgIpc) is 3.06. The van der Waals surface area contributed by atoms with E-state index in [1.54, 1.807) is 4.68 Å². The van der Waals surface area contributed by atoms with E-state index in [1.807, 2.05) is 12.4 Å². The molecule has 1 aromatic heterocycles. The van der Waals surface area contributed by atoms with E-state index in [9.17, 15) is 5.11 Å². The number of aliphatic hydroxyl groups is 2. The molecule has 3 rings (SSSR count). The predicted molar refractivity (Wildman–Crippen MR) is 103 cm³/mol. The Hall–Kier alpha value is -1.69. The summed E-state index contributed by atoms with van der Waals surface area (Å²) in [5.74, 6) is 0.569. The van der Waals surface area contributed by atoms with Gasteiger partial charge in [0.2, 0.25) is 0 Å². The fourth-order valence-electron chi connectivity index (χ4n) is 4.13. The van der Waals surface area contributed by atoms with Gasteiger partial charge in [0, 0.05) is 31.0 Å². The summed E-state index contributed by atoms with van der Waals surface area (Å²) < 4.78 is 1.81. The number of benzene rings is 1. The van der Waals surface area contributed by atoms with Crippen LogP contribution in [0.2, 0.25) is 0 Å². The van der Waals surface area contributed by atoms with E-state index in [4.69, 9.17) is 5.11 Å². The van der Waals surface area contributed by atoms with Crippen molar-refractivity contribution in [1.82, 2.24) is 14.7 Å². The normalized spacial score (nSPS) is 21.2. The molecule has 5 nitrogen and oxygen atoms in total. The van der Waals surface area contributed by atoms with E-state index in [-0.39, 0.29) is 13.2 Å². The summed E-state index contributed by atoms with van der Waals surface area (Å²) in [7, 11) is 0. The minimum atomic E-state index is 0.121. The fraction of sp³-hybridized carbons (Fsp3) is 0.571. The lowest BCUT2D eigenvalue weighted by Gasteiger charge is -2.38. The summed E-state index contributed by atoms with van der Waals surface area (Å²) in [5, 5.41) is 22.7. The van der Waals surface area contributed by atoms with E-state index < -0.39 is 0 Å². The Morgan fingerprint density at radius 2 is 2.08 bits per heavy atom. The maximum absolute atomic E-state index is 9.38. The summed E-state index contributed by atoms with van der Waals surface area (Å²) in [5.41, 5.74) is 5.24. The standard InChI is InChI=1S/C21H31N3O2/c1-16-3-4-19(6-9-25)21(11-16)20-5-7-23(17(2)12-20)14-18-13-22-24(15-18)8-10-26/h3-4,11,13,15,17,20,25-26H,5-10,12,14H2,1-2H3/t17-,20?/m0/s1. The Morgan fingerprint density at radius 1 is 1.23 bits per heavy atom. The molecule has 142 valence electrons. The summed E-state index contributed by atoms with van der Waals surface area (Å²) in [4.78, 5) is 2.53. The van der Waals surface area contributed by atoms with Crippen LogP contribution in [0, 0.1) is 6.92 Å². The number of aryl methyl sites for hydroxylation is 1. The molecule has 0 amide bonds. The van der Waals surface area contributed by atoms with Crippen molar-refractivity contribution < 1.29 is 10.2 Å². The van der Waals surface area contributed by atoms with Gasteiger partial charge < -0.3 is 10.2 Å². The molecule has 0 bridgehead atoms. The Kier molecular flexibility index (Phi) is 6.46. The molecule has 0 aliphatic carbocycles. The fourth-order valence-corrected chi connectivity index (χ4v) is 4.13. The molecule has 2 aromatic rings. The third-order valence-corrected chi connectivity index (χ3v) is 5.54. The van der Waals surface area contributed by atoms with E-state index in [1.165, 1.54) is 22.3 Å². The van der Waals surface area contributed by atoms with Gasteiger partial charge in [0.15, 0.2) is 0 Å². The van der Waals surface area contributed by atoms with Crippen LogP contribution in [-0.2, 0) is 19.5 Å². The van der Waals surface area contributed by atoms with Crippen LogP contribution < -0.4 is 0 Å². The van der Waals surface area contributed by atoms with Crippen LogP contribution in [0.3, 0.4) is 0 Å². The smallest absolute Gasteiger partial charge is 0.0640 e. The molecule has 26 heavy (non-hydrogen) atoms. The van der Waals surface area contributed by atoms with Crippen molar-refractivity contribution in [3.8, 4) is 0 Å². The molecule has 0 spiro atoms. The van der Waals surface area contributed by atoms with Crippen LogP contribution in [0.4, 0.5) is 0 Å². The summed E-state index contributed by atoms with van der Waals surface area (Å²) in [6.07, 6.45) is 6.99. The van der Waals surface area contributed by atoms with Gasteiger partial charge in [0.1, 0.15) is 0 Å². The monoisotopic (exact) mass is 357 g/mol. The van der Waals surface area contributed by atoms with Gasteiger partial charge in [0.25, 0.3) is 0 Å². The highest BCUT2D eigenvalue weighted by Crippen LogP contribution is 2.34. The molecule has 0 radical (unpaired) electrons. The first kappa shape index (κ1) is 19.1. The largest absolute Gasteiger partial charge is 0.396 e. The van der Waals surface area contributed by atoms with Gasteiger partial charge in [-0.1, -0.05) is 23.8 Å². The molecule has 1 aliphatic rings. The zero-order chi connectivity index (χ0) is 18.5. The van der Waals surface area contributed by atoms with Crippen LogP contribution in [0.15, 0.2) is 30.6 Å². The number of aliphatic hydroxyl groups excluding tert-OH is 2. The van der Waals surface area contributed by atoms with Gasteiger partial charge in [0.05, 0.1) is 19.3 Å². The number of piperidine rings is 1. The summed E-state index contributed by atoms with van der Waals surface area (Å²) in [6, 6.07) is 7.17. The lowest BCUT2D eigenvalue weighted by Crippen LogP contribution is -2.39. The predicted octanol–water partition coefficient (Wildman–Crippen LogP) is 2.49. The molecule has 1 unspecified atom stereocenters. The van der Waals surface area contributed by atoms with Gasteiger partial charge in [-0.25, -0.2) is 0 Å². The van der Waals surface area contributed by atoms with Crippen LogP contribution in [0.1, 0.15) is 47.9 Å². The number of hydrogen-bond acceptors (Lipinski definition) is 4. The number of nitrogens with zero attached hydrogens (tertiary/aromatic N) is 3. The molecule has 1 saturated heterocycles. The van der Waals surface area contributed by atoms with Gasteiger partial charge in [-0.15, -0.1) is 0 Å². The second-order valence-electron chi connectivity index (χ2n) is 7.55. The molecule has 1 aromatic carbocycles. The van der Waals surface area contributed by atoms with Crippen molar-refractivity contribution in [3.63, 3.8) is 0 Å². The molecule has 5 heteroatoms. The van der Waals surface area contributed by atoms with Gasteiger partial charge in [-0.05, 0) is 56.7 Å². The molecule has 0 saturated carbocycles. The second kappa shape index (κ2) is 8.80. The van der Waals surface area contributed by atoms with Crippen molar-refractivity contribution in [2.24, 2.45) is 0 Å². The quantitative estimate of drug-likeness (QED) is 0.799. The van der Waals surface area contributed by atoms with E-state index in [0.29, 0.717) is 18.5 Å². The zero-order valence-electron chi connectivity index (χ0n) is 15.9. The van der Waals surface area contributed by atoms with Gasteiger partial charge in [-0.3, -0.25) is 9.58 Å². The number of rotatable bonds is 7. The molecular weight excluding hydrogens is 326 g/mol. The van der Waals surface area contributed by atoms with Gasteiger partial charge in [-0.2, -0.15) is 5.10 Å². The minimum absolute atomic E-state index is 0.121. The molecule has 2 atom stereocenters. The first-order valence-electron chi connectivity index (χ1n) is 9.67. The van der Waals surface area contributed by atoms with Crippen molar-refractivity contribution in [2.75, 3.05) is 19.8 Å². The SMILES string of the molecule is Cc1ccc(CCO)c(C2CCN(Cc3cnn(CCO)c3)[C@@H](C)C2)c1. The number of hydrogen-bond donors (Lipinski definition) is 2. The average molecular weight is 357 g/mol. The second-order valence-corrected chi connectivity index (χ2v) is 7.55. The van der Waals surface area contributed by atoms with Gasteiger partial charge >= 0.3 is 0 Å². The Bertz CT molecular complexity index is 713. The van der Waals surface area contributed by atoms with E-state index in [0.717, 1.165) is 32.4 Å². The number of aromatic nitrogens is 2. The Balaban J connectivity index is 1.65. The molecule has 1 fully saturated rings. The maximum atomic E-state index is 9.38. The Morgan fingerprint density at radius 3 is 2.81 bits per heavy atom. The molecule has 2 N–H and O–H groups in total. The third-order valence-electron chi connectivity index (χ3n) is 5.54. The van der Waals surface area contributed by atoms with Crippen LogP contribution in [0.25, 0.3) is 0 Å². The third kappa shape index (κ3) is 4.53. The van der Waals surface area contributed by atoms with Crippen LogP contribution >= 0.6 is 0 Å². The maximum Gasteiger partial charge on any atom is 0.0640 e. The van der Waals surface area contributed by atoms with Crippen LogP contribution in [0.5, 0.6) is 0 Å². The van der Waals surface area contributed by atoms with Crippen molar-refractivity contribution >= 4 is 0 Å². The lowest BCUT2D eigenvalue weighted by atomic mass is 9.82. The number of likely N-dealkylation sites (tertiary alicyclic amines) is 1. The summed E-state index contributed by atoms with van der Waals surface area (Å²) in [6.45, 7) is 7.33. The zero-order valence-corrected chi connectivity index (χ0v) is 15.9. The molecule has 2 heterocycles. The topological polar surface area (TPSA) is 61.5 Å². The Labute approximate surface area is 156 Å². The van der Waals surface area contributed by atoms with E-state index in [2.05, 4.69) is 42.0 Å². The highest BCUT2D eigenvalue weighted by Gasteiger charge is 2.28. The van der Waals surface area contributed by atoms with Crippen molar-refractivity contribution in [1.29, 1.82) is 0 Å². The first-order valence-corrected chi connectivity index (χ1v) is 9.67. The van der Waals surface area contributed by atoms with Crippen molar-refractivity contribution in [2.45, 2.75) is 58.2 Å². The lowest BCUT2D eigenvalue weighted by molar-refractivity contribution is 0.138. The molecule has 1 aliphatic heterocycles. The highest BCUT2D eigenvalue weighted by atomic mass is 16.3.